The van der Waals surface area contributed by atoms with Crippen molar-refractivity contribution in [3.63, 3.8) is 0 Å². The molecule has 1 saturated carbocycles. The maximum absolute atomic E-state index is 12.7. The Morgan fingerprint density at radius 1 is 1.21 bits per heavy atom. The summed E-state index contributed by atoms with van der Waals surface area (Å²) in [5, 5.41) is 6.70. The minimum atomic E-state index is -0.347. The summed E-state index contributed by atoms with van der Waals surface area (Å²) in [5.41, 5.74) is -0.347. The molecular formula is C21H40IN5O2. The van der Waals surface area contributed by atoms with Crippen molar-refractivity contribution in [1.82, 2.24) is 20.4 Å². The van der Waals surface area contributed by atoms with Crippen LogP contribution in [0.4, 0.5) is 0 Å². The fraction of sp³-hybridized carbons (Fsp3) is 0.857. The second kappa shape index (κ2) is 12.6. The van der Waals surface area contributed by atoms with Crippen molar-refractivity contribution in [3.8, 4) is 0 Å². The Hall–Kier alpha value is -1.06. The second-order valence-electron chi connectivity index (χ2n) is 8.35. The molecule has 29 heavy (non-hydrogen) atoms. The molecule has 0 aromatic carbocycles. The highest BCUT2D eigenvalue weighted by Crippen LogP contribution is 2.39. The lowest BCUT2D eigenvalue weighted by atomic mass is 9.85. The molecule has 1 aliphatic heterocycles. The highest BCUT2D eigenvalue weighted by Gasteiger charge is 2.42. The molecule has 2 fully saturated rings. The molecule has 0 bridgehead atoms. The van der Waals surface area contributed by atoms with Gasteiger partial charge in [0.15, 0.2) is 5.96 Å². The number of halogens is 1. The topological polar surface area (TPSA) is 77.0 Å². The predicted molar refractivity (Wildman–Crippen MR) is 129 cm³/mol. The Labute approximate surface area is 193 Å². The summed E-state index contributed by atoms with van der Waals surface area (Å²) in [6.07, 6.45) is 7.59. The quantitative estimate of drug-likeness (QED) is 0.278. The number of rotatable bonds is 9. The molecule has 2 aliphatic rings. The lowest BCUT2D eigenvalue weighted by Gasteiger charge is -2.29. The van der Waals surface area contributed by atoms with E-state index in [2.05, 4.69) is 17.6 Å². The molecule has 8 heteroatoms. The fourth-order valence-corrected chi connectivity index (χ4v) is 4.53. The Bertz CT molecular complexity index is 561. The van der Waals surface area contributed by atoms with E-state index < -0.39 is 0 Å². The van der Waals surface area contributed by atoms with Crippen LogP contribution in [0.1, 0.15) is 65.2 Å². The van der Waals surface area contributed by atoms with Gasteiger partial charge in [-0.1, -0.05) is 19.8 Å². The van der Waals surface area contributed by atoms with Crippen LogP contribution < -0.4 is 10.6 Å². The molecule has 2 N–H and O–H groups in total. The Morgan fingerprint density at radius 2 is 1.90 bits per heavy atom. The molecular weight excluding hydrogens is 481 g/mol. The Kier molecular flexibility index (Phi) is 11.3. The highest BCUT2D eigenvalue weighted by molar-refractivity contribution is 14.0. The summed E-state index contributed by atoms with van der Waals surface area (Å²) >= 11 is 0. The van der Waals surface area contributed by atoms with Gasteiger partial charge in [-0.05, 0) is 39.0 Å². The van der Waals surface area contributed by atoms with Crippen molar-refractivity contribution < 1.29 is 9.59 Å². The molecule has 0 spiro atoms. The minimum absolute atomic E-state index is 0. The number of amides is 2. The van der Waals surface area contributed by atoms with Gasteiger partial charge in [0.2, 0.25) is 11.8 Å². The van der Waals surface area contributed by atoms with Crippen molar-refractivity contribution in [2.75, 3.05) is 40.3 Å². The first-order valence-corrected chi connectivity index (χ1v) is 11.0. The van der Waals surface area contributed by atoms with E-state index in [1.807, 2.05) is 25.9 Å². The van der Waals surface area contributed by atoms with Gasteiger partial charge >= 0.3 is 0 Å². The van der Waals surface area contributed by atoms with Gasteiger partial charge in [0.05, 0.1) is 12.0 Å². The van der Waals surface area contributed by atoms with Gasteiger partial charge < -0.3 is 20.4 Å². The summed E-state index contributed by atoms with van der Waals surface area (Å²) < 4.78 is 0. The third-order valence-corrected chi connectivity index (χ3v) is 6.10. The average Bonchev–Trinajstić information content (AvgIpc) is 3.32. The van der Waals surface area contributed by atoms with E-state index in [4.69, 9.17) is 4.99 Å². The zero-order valence-corrected chi connectivity index (χ0v) is 21.0. The van der Waals surface area contributed by atoms with Crippen LogP contribution in [0.15, 0.2) is 4.99 Å². The van der Waals surface area contributed by atoms with Gasteiger partial charge in [-0.3, -0.25) is 14.6 Å². The van der Waals surface area contributed by atoms with E-state index in [1.54, 1.807) is 4.90 Å². The number of hydrogen-bond donors (Lipinski definition) is 2. The first-order chi connectivity index (χ1) is 13.4. The van der Waals surface area contributed by atoms with Gasteiger partial charge in [0.1, 0.15) is 0 Å². The largest absolute Gasteiger partial charge is 0.357 e. The summed E-state index contributed by atoms with van der Waals surface area (Å²) in [4.78, 5) is 33.3. The average molecular weight is 521 g/mol. The number of aliphatic imine (C=N–C) groups is 1. The van der Waals surface area contributed by atoms with Crippen LogP contribution in [0.2, 0.25) is 0 Å². The third kappa shape index (κ3) is 7.00. The molecule has 1 heterocycles. The lowest BCUT2D eigenvalue weighted by molar-refractivity contribution is -0.138. The molecule has 0 aromatic rings. The van der Waals surface area contributed by atoms with Crippen LogP contribution in [0.3, 0.4) is 0 Å². The monoisotopic (exact) mass is 521 g/mol. The number of carbonyl (C=O) groups excluding carboxylic acids is 2. The van der Waals surface area contributed by atoms with Gasteiger partial charge in [-0.2, -0.15) is 0 Å². The van der Waals surface area contributed by atoms with Crippen molar-refractivity contribution >= 4 is 41.8 Å². The Morgan fingerprint density at radius 3 is 2.41 bits per heavy atom. The Balaban J connectivity index is 0.00000420. The van der Waals surface area contributed by atoms with Gasteiger partial charge in [0.25, 0.3) is 0 Å². The van der Waals surface area contributed by atoms with E-state index in [-0.39, 0.29) is 41.2 Å². The fourth-order valence-electron chi connectivity index (χ4n) is 4.53. The predicted octanol–water partition coefficient (Wildman–Crippen LogP) is 2.60. The van der Waals surface area contributed by atoms with E-state index in [0.29, 0.717) is 19.0 Å². The van der Waals surface area contributed by atoms with Gasteiger partial charge in [0, 0.05) is 46.2 Å². The van der Waals surface area contributed by atoms with Crippen molar-refractivity contribution in [2.24, 2.45) is 10.4 Å². The zero-order chi connectivity index (χ0) is 20.6. The molecule has 2 rings (SSSR count). The van der Waals surface area contributed by atoms with Gasteiger partial charge in [-0.25, -0.2) is 0 Å². The van der Waals surface area contributed by atoms with Crippen LogP contribution in [0.5, 0.6) is 0 Å². The van der Waals surface area contributed by atoms with Gasteiger partial charge in [-0.15, -0.1) is 24.0 Å². The molecule has 1 saturated heterocycles. The first-order valence-electron chi connectivity index (χ1n) is 11.0. The SMILES string of the molecule is CCNC(=NCC1(C(=O)N(C)C)CCCC1)NCCC(CC)N1CCCC1=O.I. The molecule has 7 nitrogen and oxygen atoms in total. The molecule has 0 radical (unpaired) electrons. The van der Waals surface area contributed by atoms with E-state index in [0.717, 1.165) is 70.5 Å². The van der Waals surface area contributed by atoms with Crippen molar-refractivity contribution in [3.05, 3.63) is 0 Å². The van der Waals surface area contributed by atoms with Crippen molar-refractivity contribution in [2.45, 2.75) is 71.3 Å². The van der Waals surface area contributed by atoms with Crippen LogP contribution in [0, 0.1) is 5.41 Å². The van der Waals surface area contributed by atoms with Crippen LogP contribution in [-0.2, 0) is 9.59 Å². The number of likely N-dealkylation sites (tertiary alicyclic amines) is 1. The summed E-state index contributed by atoms with van der Waals surface area (Å²) in [6, 6.07) is 0.293. The number of nitrogens with zero attached hydrogens (tertiary/aromatic N) is 3. The minimum Gasteiger partial charge on any atom is -0.357 e. The maximum atomic E-state index is 12.7. The van der Waals surface area contributed by atoms with Crippen LogP contribution >= 0.6 is 24.0 Å². The smallest absolute Gasteiger partial charge is 0.230 e. The molecule has 1 aliphatic carbocycles. The number of guanidine groups is 1. The van der Waals surface area contributed by atoms with Crippen LogP contribution in [0.25, 0.3) is 0 Å². The molecule has 168 valence electrons. The first kappa shape index (κ1) is 26.0. The maximum Gasteiger partial charge on any atom is 0.230 e. The molecule has 1 atom stereocenters. The molecule has 0 aromatic heterocycles. The number of nitrogens with one attached hydrogen (secondary N) is 2. The zero-order valence-electron chi connectivity index (χ0n) is 18.6. The van der Waals surface area contributed by atoms with Crippen LogP contribution in [-0.4, -0.2) is 73.9 Å². The second-order valence-corrected chi connectivity index (χ2v) is 8.35. The summed E-state index contributed by atoms with van der Waals surface area (Å²) in [5.74, 6) is 1.25. The third-order valence-electron chi connectivity index (χ3n) is 6.10. The van der Waals surface area contributed by atoms with E-state index in [1.165, 1.54) is 0 Å². The molecule has 1 unspecified atom stereocenters. The lowest BCUT2D eigenvalue weighted by Crippen LogP contribution is -2.44. The standard InChI is InChI=1S/C21H39N5O2.HI/c1-5-17(26-15-9-10-18(26)27)11-14-23-20(22-6-2)24-16-21(12-7-8-13-21)19(28)25(3)4;/h17H,5-16H2,1-4H3,(H2,22,23,24);1H. The highest BCUT2D eigenvalue weighted by atomic mass is 127. The number of hydrogen-bond acceptors (Lipinski definition) is 3. The van der Waals surface area contributed by atoms with Crippen molar-refractivity contribution in [1.29, 1.82) is 0 Å². The summed E-state index contributed by atoms with van der Waals surface area (Å²) in [7, 11) is 3.67. The van der Waals surface area contributed by atoms with E-state index >= 15 is 0 Å². The van der Waals surface area contributed by atoms with E-state index in [9.17, 15) is 9.59 Å². The normalized spacial score (nSPS) is 19.7. The number of carbonyl (C=O) groups is 2. The molecule has 2 amide bonds. The summed E-state index contributed by atoms with van der Waals surface area (Å²) in [6.45, 7) is 7.16.